The predicted octanol–water partition coefficient (Wildman–Crippen LogP) is 8.18. The summed E-state index contributed by atoms with van der Waals surface area (Å²) >= 11 is 0. The highest BCUT2D eigenvalue weighted by Crippen LogP contribution is 2.65. The molecule has 2 fully saturated rings. The maximum absolute atomic E-state index is 13.7. The molecule has 2 rings (SSSR count). The van der Waals surface area contributed by atoms with Gasteiger partial charge in [0.25, 0.3) is 20.3 Å². The predicted molar refractivity (Wildman–Crippen MR) is 235 cm³/mol. The summed E-state index contributed by atoms with van der Waals surface area (Å²) in [6, 6.07) is 0. The Labute approximate surface area is 386 Å². The van der Waals surface area contributed by atoms with E-state index >= 15 is 0 Å². The van der Waals surface area contributed by atoms with Gasteiger partial charge in [0.1, 0.15) is 13.2 Å². The molecule has 24 heteroatoms. The van der Waals surface area contributed by atoms with Crippen LogP contribution in [-0.4, -0.2) is 104 Å². The molecule has 0 aliphatic carbocycles. The molecular formula is C42H76N6O18. The van der Waals surface area contributed by atoms with Crippen molar-refractivity contribution >= 4 is 12.2 Å². The number of alkyl carbamates (subject to hydrolysis) is 2. The highest BCUT2D eigenvalue weighted by Gasteiger charge is 2.79. The molecule has 66 heavy (non-hydrogen) atoms. The molecule has 24 nitrogen and oxygen atoms in total. The number of amides is 2. The minimum atomic E-state index is -1.92. The van der Waals surface area contributed by atoms with E-state index in [9.17, 15) is 50.0 Å². The molecule has 2 N–H and O–H groups in total. The van der Waals surface area contributed by atoms with Crippen LogP contribution in [0.2, 0.25) is 0 Å². The molecule has 0 spiro atoms. The molecule has 0 bridgehead atoms. The van der Waals surface area contributed by atoms with Crippen molar-refractivity contribution in [3.63, 3.8) is 0 Å². The molecule has 0 aromatic heterocycles. The molecule has 2 aliphatic heterocycles. The molecule has 382 valence electrons. The van der Waals surface area contributed by atoms with Gasteiger partial charge >= 0.3 is 12.2 Å². The van der Waals surface area contributed by atoms with Gasteiger partial charge in [-0.1, -0.05) is 80.1 Å². The van der Waals surface area contributed by atoms with Crippen LogP contribution in [0.1, 0.15) is 174 Å². The second kappa shape index (κ2) is 21.5. The van der Waals surface area contributed by atoms with Crippen molar-refractivity contribution in [3.05, 3.63) is 40.5 Å². The Kier molecular flexibility index (Phi) is 18.7. The van der Waals surface area contributed by atoms with Crippen molar-refractivity contribution in [2.45, 2.75) is 219 Å². The van der Waals surface area contributed by atoms with Crippen LogP contribution < -0.4 is 10.6 Å². The van der Waals surface area contributed by atoms with Gasteiger partial charge in [0.05, 0.1) is 22.4 Å². The minimum absolute atomic E-state index is 0.132. The lowest BCUT2D eigenvalue weighted by molar-refractivity contribution is -0.796. The lowest BCUT2D eigenvalue weighted by atomic mass is 9.50. The van der Waals surface area contributed by atoms with Crippen LogP contribution in [0.25, 0.3) is 0 Å². The Balaban J connectivity index is 2.25. The van der Waals surface area contributed by atoms with E-state index < -0.39 is 101 Å². The number of hydrogen-bond acceptors (Lipinski definition) is 18. The molecule has 0 radical (unpaired) electrons. The van der Waals surface area contributed by atoms with Crippen LogP contribution in [-0.2, 0) is 38.3 Å². The first kappa shape index (κ1) is 57.4. The molecule has 2 aliphatic rings. The second-order valence-corrected chi connectivity index (χ2v) is 19.6. The van der Waals surface area contributed by atoms with Gasteiger partial charge in [0, 0.05) is 23.9 Å². The summed E-state index contributed by atoms with van der Waals surface area (Å²) in [4.78, 5) is 95.2. The monoisotopic (exact) mass is 953 g/mol. The van der Waals surface area contributed by atoms with Gasteiger partial charge in [0.2, 0.25) is 0 Å². The third-order valence-electron chi connectivity index (χ3n) is 15.8. The molecule has 10 atom stereocenters. The van der Waals surface area contributed by atoms with Crippen molar-refractivity contribution in [3.8, 4) is 0 Å². The number of carbonyl (C=O) groups is 2. The van der Waals surface area contributed by atoms with Crippen LogP contribution in [0.4, 0.5) is 9.59 Å². The Morgan fingerprint density at radius 3 is 1.02 bits per heavy atom. The number of carbonyl (C=O) groups excluding carboxylic acids is 2. The molecule has 0 saturated carbocycles. The van der Waals surface area contributed by atoms with Gasteiger partial charge in [0.15, 0.2) is 22.4 Å². The fourth-order valence-corrected chi connectivity index (χ4v) is 11.3. The van der Waals surface area contributed by atoms with E-state index in [4.69, 9.17) is 38.3 Å². The van der Waals surface area contributed by atoms with Crippen LogP contribution in [0.5, 0.6) is 0 Å². The van der Waals surface area contributed by atoms with Crippen LogP contribution in [0.15, 0.2) is 0 Å². The fraction of sp³-hybridized carbons (Fsp3) is 0.952. The summed E-state index contributed by atoms with van der Waals surface area (Å²) in [6.07, 6.45) is 3.02. The summed E-state index contributed by atoms with van der Waals surface area (Å²) in [5, 5.41) is 48.8. The summed E-state index contributed by atoms with van der Waals surface area (Å²) in [6.45, 7) is 22.2. The zero-order valence-corrected chi connectivity index (χ0v) is 41.5. The SMILES string of the molecule is CCC[C@@]1(C)C(C)(CO[N+](=O)[O-])O[C@@](C)(CCC)[C@@](C)(O[N+](=O)[O-])C1(C)OC(=O)NCCCCCCNC(=O)O[C@]1(C)C(C)(O[N+](=O)[O-])[C@@](C)(CCC)OC(C)(CO[N+](=O)[O-])[C@@]1(C)CCC. The lowest BCUT2D eigenvalue weighted by Gasteiger charge is -2.69. The number of ether oxygens (including phenoxy) is 4. The van der Waals surface area contributed by atoms with Crippen molar-refractivity contribution in [1.29, 1.82) is 0 Å². The fourth-order valence-electron chi connectivity index (χ4n) is 11.3. The molecule has 2 amide bonds. The van der Waals surface area contributed by atoms with Gasteiger partial charge in [-0.2, -0.15) is 0 Å². The van der Waals surface area contributed by atoms with Gasteiger partial charge in [-0.3, -0.25) is 0 Å². The van der Waals surface area contributed by atoms with Gasteiger partial charge in [-0.15, -0.1) is 40.5 Å². The standard InChI is InChI=1S/C42H76N6O18/c1-15-23-33(5)37(9,29-59-45(51)52)63-35(7,25-17-3)41(13,65-47(55)56)39(33,11)61-31(49)43-27-21-19-20-22-28-44-32(50)62-40(12)34(6,24-16-2)38(10,30-60-46(53)54)64-36(8,26-18-4)42(40,14)66-48(57)58/h15-30H2,1-14H3,(H,43,49)(H,44,50)/t33-,34+,35-,36+,37?,38?,39+,40?,41?,42-/m1/s1. The third kappa shape index (κ3) is 10.5. The maximum Gasteiger partial charge on any atom is 0.407 e. The highest BCUT2D eigenvalue weighted by atomic mass is 17.0. The Morgan fingerprint density at radius 2 is 0.758 bits per heavy atom. The van der Waals surface area contributed by atoms with Crippen LogP contribution in [0.3, 0.4) is 0 Å². The zero-order chi connectivity index (χ0) is 50.8. The number of nitrogens with zero attached hydrogens (tertiary/aromatic N) is 4. The van der Waals surface area contributed by atoms with E-state index in [0.717, 1.165) is 0 Å². The summed E-state index contributed by atoms with van der Waals surface area (Å²) in [7, 11) is 0. The first-order valence-corrected chi connectivity index (χ1v) is 22.9. The topological polar surface area (TPSA) is 305 Å². The van der Waals surface area contributed by atoms with Crippen LogP contribution in [0, 0.1) is 51.3 Å². The number of hydrogen-bond donors (Lipinski definition) is 2. The first-order chi connectivity index (χ1) is 30.3. The summed E-state index contributed by atoms with van der Waals surface area (Å²) in [5.41, 5.74) is -16.2. The normalized spacial score (nSPS) is 36.3. The van der Waals surface area contributed by atoms with Crippen LogP contribution >= 0.6 is 0 Å². The highest BCUT2D eigenvalue weighted by molar-refractivity contribution is 5.68. The van der Waals surface area contributed by atoms with E-state index in [-0.39, 0.29) is 38.8 Å². The van der Waals surface area contributed by atoms with E-state index in [2.05, 4.69) is 10.6 Å². The minimum Gasteiger partial charge on any atom is -0.440 e. The Morgan fingerprint density at radius 1 is 0.455 bits per heavy atom. The third-order valence-corrected chi connectivity index (χ3v) is 15.8. The largest absolute Gasteiger partial charge is 0.440 e. The van der Waals surface area contributed by atoms with Crippen molar-refractivity contribution in [2.75, 3.05) is 26.3 Å². The number of rotatable bonds is 27. The lowest BCUT2D eigenvalue weighted by Crippen LogP contribution is -2.83. The molecule has 2 saturated heterocycles. The second-order valence-electron chi connectivity index (χ2n) is 19.6. The Bertz CT molecular complexity index is 1630. The average molecular weight is 953 g/mol. The molecular weight excluding hydrogens is 876 g/mol. The van der Waals surface area contributed by atoms with Gasteiger partial charge < -0.3 is 48.9 Å². The summed E-state index contributed by atoms with van der Waals surface area (Å²) < 4.78 is 25.8. The maximum atomic E-state index is 13.7. The first-order valence-electron chi connectivity index (χ1n) is 22.9. The summed E-state index contributed by atoms with van der Waals surface area (Å²) in [5.74, 6) is 0. The van der Waals surface area contributed by atoms with Crippen molar-refractivity contribution in [1.82, 2.24) is 10.6 Å². The molecule has 4 unspecified atom stereocenters. The van der Waals surface area contributed by atoms with E-state index in [0.29, 0.717) is 51.4 Å². The molecule has 0 aromatic rings. The zero-order valence-electron chi connectivity index (χ0n) is 41.5. The molecule has 0 aromatic carbocycles. The Hall–Kier alpha value is -4.74. The van der Waals surface area contributed by atoms with Crippen molar-refractivity contribution < 1.29 is 68.2 Å². The average Bonchev–Trinajstić information content (AvgIpc) is 3.18. The van der Waals surface area contributed by atoms with E-state index in [1.165, 1.54) is 27.7 Å². The van der Waals surface area contributed by atoms with E-state index in [1.807, 2.05) is 27.7 Å². The van der Waals surface area contributed by atoms with Gasteiger partial charge in [-0.25, -0.2) is 9.59 Å². The quantitative estimate of drug-likeness (QED) is 0.0445. The van der Waals surface area contributed by atoms with Gasteiger partial charge in [-0.05, 0) is 93.9 Å². The number of unbranched alkanes of at least 4 members (excludes halogenated alkanes) is 3. The van der Waals surface area contributed by atoms with E-state index in [1.54, 1.807) is 41.5 Å². The molecule has 2 heterocycles. The smallest absolute Gasteiger partial charge is 0.407 e. The number of nitrogens with one attached hydrogen (secondary N) is 2. The van der Waals surface area contributed by atoms with Crippen molar-refractivity contribution in [2.24, 2.45) is 10.8 Å².